The monoisotopic (exact) mass is 270 g/mol. The number of carbonyl (C=O) groups is 2. The molecule has 0 aromatic carbocycles. The predicted molar refractivity (Wildman–Crippen MR) is 71.1 cm³/mol. The van der Waals surface area contributed by atoms with Crippen molar-refractivity contribution in [2.75, 3.05) is 12.0 Å². The van der Waals surface area contributed by atoms with Crippen LogP contribution >= 0.6 is 0 Å². The average Bonchev–Trinajstić information content (AvgIpc) is 3.13. The Kier molecular flexibility index (Phi) is 2.42. The zero-order chi connectivity index (χ0) is 13.7. The van der Waals surface area contributed by atoms with Crippen LogP contribution in [0.4, 0.5) is 5.82 Å². The fraction of sp³-hybridized carbons (Fsp3) is 0.400. The topological polar surface area (TPSA) is 63.6 Å². The Morgan fingerprint density at radius 2 is 1.85 bits per heavy atom. The third-order valence-corrected chi connectivity index (χ3v) is 4.70. The summed E-state index contributed by atoms with van der Waals surface area (Å²) in [5.74, 6) is 1.09. The molecule has 5 heteroatoms. The number of carbonyl (C=O) groups excluding carboxylic acids is 2. The molecule has 20 heavy (non-hydrogen) atoms. The summed E-state index contributed by atoms with van der Waals surface area (Å²) in [5.41, 5.74) is 0. The number of aromatic amines is 1. The van der Waals surface area contributed by atoms with Crippen molar-refractivity contribution in [1.29, 1.82) is 0 Å². The van der Waals surface area contributed by atoms with E-state index in [1.807, 2.05) is 18.2 Å². The summed E-state index contributed by atoms with van der Waals surface area (Å²) >= 11 is 0. The van der Waals surface area contributed by atoms with Gasteiger partial charge in [0.05, 0.1) is 18.0 Å². The van der Waals surface area contributed by atoms with E-state index >= 15 is 0 Å². The van der Waals surface area contributed by atoms with E-state index in [0.29, 0.717) is 0 Å². The third kappa shape index (κ3) is 1.52. The van der Waals surface area contributed by atoms with Gasteiger partial charge in [-0.05, 0) is 24.3 Å². The van der Waals surface area contributed by atoms with Crippen molar-refractivity contribution in [3.63, 3.8) is 0 Å². The van der Waals surface area contributed by atoms with E-state index in [4.69, 9.17) is 0 Å². The number of H-pyrrole nitrogens is 1. The lowest BCUT2D eigenvalue weighted by Gasteiger charge is -2.14. The van der Waals surface area contributed by atoms with Crippen LogP contribution in [0.25, 0.3) is 0 Å². The molecule has 0 unspecified atom stereocenters. The molecule has 3 aliphatic rings. The molecule has 1 saturated carbocycles. The number of pyridine rings is 1. The average molecular weight is 270 g/mol. The van der Waals surface area contributed by atoms with Gasteiger partial charge >= 0.3 is 0 Å². The lowest BCUT2D eigenvalue weighted by Crippen LogP contribution is -2.37. The van der Waals surface area contributed by atoms with Gasteiger partial charge in [0.2, 0.25) is 11.8 Å². The number of anilines is 1. The first-order valence-electron chi connectivity index (χ1n) is 7.00. The Morgan fingerprint density at radius 1 is 1.15 bits per heavy atom. The molecule has 5 nitrogen and oxygen atoms in total. The first kappa shape index (κ1) is 11.6. The molecule has 1 aromatic heterocycles. The number of allylic oxidation sites excluding steroid dienone is 2. The Balaban J connectivity index is 1.51. The summed E-state index contributed by atoms with van der Waals surface area (Å²) < 4.78 is 0. The molecule has 2 heterocycles. The number of imide groups is 1. The molecular weight excluding hydrogens is 254 g/mol. The van der Waals surface area contributed by atoms with E-state index in [2.05, 4.69) is 22.5 Å². The van der Waals surface area contributed by atoms with Crippen molar-refractivity contribution >= 4 is 17.6 Å². The summed E-state index contributed by atoms with van der Waals surface area (Å²) in [5, 5.41) is 3.10. The number of amides is 2. The molecular formula is C15H16N3O2+. The highest BCUT2D eigenvalue weighted by Crippen LogP contribution is 2.52. The zero-order valence-corrected chi connectivity index (χ0v) is 11.0. The number of fused-ring (bicyclic) bond motifs is 5. The van der Waals surface area contributed by atoms with E-state index in [0.717, 1.165) is 12.2 Å². The molecule has 4 atom stereocenters. The molecule has 2 aliphatic carbocycles. The molecule has 2 bridgehead atoms. The van der Waals surface area contributed by atoms with Crippen LogP contribution in [0.2, 0.25) is 0 Å². The van der Waals surface area contributed by atoms with Crippen LogP contribution in [-0.2, 0) is 9.59 Å². The Hall–Kier alpha value is -2.17. The fourth-order valence-corrected chi connectivity index (χ4v) is 3.79. The van der Waals surface area contributed by atoms with Gasteiger partial charge in [0.1, 0.15) is 0 Å². The molecule has 2 amide bonds. The van der Waals surface area contributed by atoms with Crippen LogP contribution in [0.1, 0.15) is 6.42 Å². The van der Waals surface area contributed by atoms with E-state index in [-0.39, 0.29) is 42.2 Å². The standard InChI is InChI=1S/C15H15N3O2/c19-14-12-9-4-5-10(7-9)13(12)15(20)18(14)8-17-11-3-1-2-6-16-11/h1-6,9-10,12-13H,7-8H2,(H,16,17)/p+1/t9-,10+,12-,13-/m0/s1. The fourth-order valence-electron chi connectivity index (χ4n) is 3.79. The second-order valence-electron chi connectivity index (χ2n) is 5.72. The minimum Gasteiger partial charge on any atom is -0.274 e. The van der Waals surface area contributed by atoms with Crippen molar-refractivity contribution in [3.05, 3.63) is 36.5 Å². The number of nitrogens with zero attached hydrogens (tertiary/aromatic N) is 1. The van der Waals surface area contributed by atoms with Crippen molar-refractivity contribution < 1.29 is 14.6 Å². The van der Waals surface area contributed by atoms with Gasteiger partial charge in [-0.2, -0.15) is 0 Å². The number of likely N-dealkylation sites (tertiary alicyclic amines) is 1. The summed E-state index contributed by atoms with van der Waals surface area (Å²) in [6.45, 7) is 0.241. The number of rotatable bonds is 3. The van der Waals surface area contributed by atoms with Crippen molar-refractivity contribution in [2.45, 2.75) is 6.42 Å². The summed E-state index contributed by atoms with van der Waals surface area (Å²) in [7, 11) is 0. The van der Waals surface area contributed by atoms with Crippen molar-refractivity contribution in [1.82, 2.24) is 4.90 Å². The smallest absolute Gasteiger partial charge is 0.273 e. The highest BCUT2D eigenvalue weighted by molar-refractivity contribution is 6.06. The van der Waals surface area contributed by atoms with Crippen LogP contribution in [0.15, 0.2) is 36.5 Å². The Morgan fingerprint density at radius 3 is 2.45 bits per heavy atom. The number of nitrogens with one attached hydrogen (secondary N) is 2. The molecule has 4 rings (SSSR count). The van der Waals surface area contributed by atoms with Gasteiger partial charge in [0.15, 0.2) is 6.67 Å². The highest BCUT2D eigenvalue weighted by Gasteiger charge is 2.59. The van der Waals surface area contributed by atoms with Gasteiger partial charge in [-0.25, -0.2) is 9.88 Å². The maximum Gasteiger partial charge on any atom is 0.273 e. The number of aromatic nitrogens is 1. The van der Waals surface area contributed by atoms with Crippen LogP contribution in [0, 0.1) is 23.7 Å². The van der Waals surface area contributed by atoms with Crippen LogP contribution in [0.3, 0.4) is 0 Å². The minimum absolute atomic E-state index is 0.0136. The molecule has 1 aliphatic heterocycles. The largest absolute Gasteiger partial charge is 0.274 e. The zero-order valence-electron chi connectivity index (χ0n) is 11.0. The quantitative estimate of drug-likeness (QED) is 0.649. The van der Waals surface area contributed by atoms with Gasteiger partial charge in [-0.15, -0.1) is 0 Å². The van der Waals surface area contributed by atoms with Gasteiger partial charge < -0.3 is 0 Å². The van der Waals surface area contributed by atoms with E-state index in [1.54, 1.807) is 6.20 Å². The molecule has 1 aromatic rings. The minimum atomic E-state index is -0.112. The second kappa shape index (κ2) is 4.16. The molecule has 1 saturated heterocycles. The first-order valence-corrected chi connectivity index (χ1v) is 7.00. The second-order valence-corrected chi connectivity index (χ2v) is 5.72. The molecule has 0 radical (unpaired) electrons. The highest BCUT2D eigenvalue weighted by atomic mass is 16.2. The third-order valence-electron chi connectivity index (χ3n) is 4.70. The number of hydrogen-bond acceptors (Lipinski definition) is 3. The molecule has 2 fully saturated rings. The Bertz CT molecular complexity index is 568. The summed E-state index contributed by atoms with van der Waals surface area (Å²) in [4.78, 5) is 29.3. The normalized spacial score (nSPS) is 33.9. The Labute approximate surface area is 116 Å². The van der Waals surface area contributed by atoms with Crippen molar-refractivity contribution in [2.24, 2.45) is 23.7 Å². The van der Waals surface area contributed by atoms with Gasteiger partial charge in [0, 0.05) is 6.07 Å². The summed E-state index contributed by atoms with van der Waals surface area (Å²) in [6, 6.07) is 5.65. The lowest BCUT2D eigenvalue weighted by molar-refractivity contribution is -0.361. The SMILES string of the molecule is O=C1[C@@H]2[C@@H](C(=O)N1CNc1cccc[nH+]1)[C@H]1C=C[C@@H]2C1. The lowest BCUT2D eigenvalue weighted by atomic mass is 9.85. The first-order chi connectivity index (χ1) is 9.75. The maximum atomic E-state index is 12.4. The maximum absolute atomic E-state index is 12.4. The van der Waals surface area contributed by atoms with Crippen molar-refractivity contribution in [3.8, 4) is 0 Å². The van der Waals surface area contributed by atoms with Crippen LogP contribution in [0.5, 0.6) is 0 Å². The molecule has 0 spiro atoms. The van der Waals surface area contributed by atoms with Gasteiger partial charge in [0.25, 0.3) is 5.82 Å². The number of hydrogen-bond donors (Lipinski definition) is 1. The van der Waals surface area contributed by atoms with Crippen LogP contribution in [-0.4, -0.2) is 23.4 Å². The van der Waals surface area contributed by atoms with E-state index < -0.39 is 0 Å². The predicted octanol–water partition coefficient (Wildman–Crippen LogP) is 0.677. The molecule has 102 valence electrons. The summed E-state index contributed by atoms with van der Waals surface area (Å²) in [6.07, 6.45) is 6.99. The van der Waals surface area contributed by atoms with Gasteiger partial charge in [-0.1, -0.05) is 18.2 Å². The van der Waals surface area contributed by atoms with E-state index in [9.17, 15) is 9.59 Å². The molecule has 2 N–H and O–H groups in total. The van der Waals surface area contributed by atoms with E-state index in [1.165, 1.54) is 4.90 Å². The van der Waals surface area contributed by atoms with Gasteiger partial charge in [-0.3, -0.25) is 14.9 Å². The van der Waals surface area contributed by atoms with Crippen LogP contribution < -0.4 is 10.3 Å².